The van der Waals surface area contributed by atoms with Gasteiger partial charge in [-0.15, -0.1) is 0 Å². The number of carbonyl (C=O) groups excluding carboxylic acids is 2. The van der Waals surface area contributed by atoms with E-state index in [0.29, 0.717) is 26.2 Å². The normalized spacial score (nSPS) is 22.9. The Kier molecular flexibility index (Phi) is 6.54. The van der Waals surface area contributed by atoms with Crippen LogP contribution in [0.1, 0.15) is 46.5 Å². The molecule has 0 saturated carbocycles. The zero-order valence-corrected chi connectivity index (χ0v) is 17.3. The molecule has 2 aliphatic rings. The third-order valence-electron chi connectivity index (χ3n) is 4.98. The summed E-state index contributed by atoms with van der Waals surface area (Å²) < 4.78 is 24.1. The molecule has 1 aromatic rings. The highest BCUT2D eigenvalue weighted by Crippen LogP contribution is 2.24. The summed E-state index contributed by atoms with van der Waals surface area (Å²) in [7, 11) is 0. The van der Waals surface area contributed by atoms with Crippen LogP contribution >= 0.6 is 0 Å². The molecule has 8 nitrogen and oxygen atoms in total. The fourth-order valence-corrected chi connectivity index (χ4v) is 3.67. The quantitative estimate of drug-likeness (QED) is 0.764. The van der Waals surface area contributed by atoms with Crippen LogP contribution in [0.15, 0.2) is 12.4 Å². The SMILES string of the molecule is CC(C)(C)OC(=O)N1CCCC(C(=O)N2CCCC(Oc3ncc(F)cn3)C2)C1. The Morgan fingerprint density at radius 2 is 1.72 bits per heavy atom. The number of ether oxygens (including phenoxy) is 2. The number of aromatic nitrogens is 2. The molecular weight excluding hydrogens is 379 g/mol. The Morgan fingerprint density at radius 1 is 1.07 bits per heavy atom. The zero-order valence-electron chi connectivity index (χ0n) is 17.3. The molecule has 2 amide bonds. The molecule has 29 heavy (non-hydrogen) atoms. The minimum absolute atomic E-state index is 0.0339. The fourth-order valence-electron chi connectivity index (χ4n) is 3.67. The predicted molar refractivity (Wildman–Crippen MR) is 103 cm³/mol. The highest BCUT2D eigenvalue weighted by Gasteiger charge is 2.35. The topological polar surface area (TPSA) is 84.9 Å². The van der Waals surface area contributed by atoms with E-state index >= 15 is 0 Å². The standard InChI is InChI=1S/C20H29FN4O4/c1-20(2,3)29-19(27)25-9-4-6-14(12-25)17(26)24-8-5-7-16(13-24)28-18-22-10-15(21)11-23-18/h10-11,14,16H,4-9,12-13H2,1-3H3. The molecule has 0 spiro atoms. The molecule has 2 aliphatic heterocycles. The predicted octanol–water partition coefficient (Wildman–Crippen LogP) is 2.63. The molecule has 0 radical (unpaired) electrons. The first-order chi connectivity index (χ1) is 13.7. The first-order valence-corrected chi connectivity index (χ1v) is 10.1. The summed E-state index contributed by atoms with van der Waals surface area (Å²) in [6, 6.07) is 0.111. The monoisotopic (exact) mass is 408 g/mol. The number of halogens is 1. The van der Waals surface area contributed by atoms with Gasteiger partial charge in [-0.2, -0.15) is 0 Å². The Bertz CT molecular complexity index is 722. The minimum atomic E-state index is -0.562. The molecule has 9 heteroatoms. The van der Waals surface area contributed by atoms with E-state index < -0.39 is 11.4 Å². The molecule has 0 aromatic carbocycles. The van der Waals surface area contributed by atoms with E-state index in [1.807, 2.05) is 20.8 Å². The third-order valence-corrected chi connectivity index (χ3v) is 4.98. The van der Waals surface area contributed by atoms with Crippen molar-refractivity contribution >= 4 is 12.0 Å². The first-order valence-electron chi connectivity index (χ1n) is 10.1. The van der Waals surface area contributed by atoms with Crippen LogP contribution in [0.3, 0.4) is 0 Å². The summed E-state index contributed by atoms with van der Waals surface area (Å²) in [5.74, 6) is -0.728. The molecule has 2 atom stereocenters. The highest BCUT2D eigenvalue weighted by molar-refractivity contribution is 5.80. The molecule has 1 aromatic heterocycles. The van der Waals surface area contributed by atoms with Crippen molar-refractivity contribution in [2.75, 3.05) is 26.2 Å². The lowest BCUT2D eigenvalue weighted by Gasteiger charge is -2.38. The lowest BCUT2D eigenvalue weighted by Crippen LogP contribution is -2.51. The van der Waals surface area contributed by atoms with E-state index in [4.69, 9.17) is 9.47 Å². The molecule has 0 bridgehead atoms. The van der Waals surface area contributed by atoms with Gasteiger partial charge < -0.3 is 19.3 Å². The van der Waals surface area contributed by atoms with Crippen LogP contribution in [0, 0.1) is 11.7 Å². The second-order valence-corrected chi connectivity index (χ2v) is 8.62. The van der Waals surface area contributed by atoms with E-state index in [0.717, 1.165) is 38.1 Å². The maximum Gasteiger partial charge on any atom is 0.410 e. The second-order valence-electron chi connectivity index (χ2n) is 8.62. The Hall–Kier alpha value is -2.45. The van der Waals surface area contributed by atoms with Gasteiger partial charge in [-0.1, -0.05) is 0 Å². The summed E-state index contributed by atoms with van der Waals surface area (Å²) in [6.07, 6.45) is 4.61. The van der Waals surface area contributed by atoms with Crippen LogP contribution in [-0.2, 0) is 9.53 Å². The summed E-state index contributed by atoms with van der Waals surface area (Å²) in [6.45, 7) is 7.56. The average Bonchev–Trinajstić information content (AvgIpc) is 2.68. The van der Waals surface area contributed by atoms with Gasteiger partial charge in [0.15, 0.2) is 5.82 Å². The number of hydrogen-bond acceptors (Lipinski definition) is 6. The Balaban J connectivity index is 1.56. The summed E-state index contributed by atoms with van der Waals surface area (Å²) in [5, 5.41) is 0. The number of amides is 2. The van der Waals surface area contributed by atoms with Gasteiger partial charge in [0, 0.05) is 19.6 Å². The van der Waals surface area contributed by atoms with Crippen LogP contribution in [0.4, 0.5) is 9.18 Å². The zero-order chi connectivity index (χ0) is 21.0. The van der Waals surface area contributed by atoms with Crippen molar-refractivity contribution < 1.29 is 23.5 Å². The Morgan fingerprint density at radius 3 is 2.41 bits per heavy atom. The Labute approximate surface area is 170 Å². The smallest absolute Gasteiger partial charge is 0.410 e. The summed E-state index contributed by atoms with van der Waals surface area (Å²) in [4.78, 5) is 36.5. The highest BCUT2D eigenvalue weighted by atomic mass is 19.1. The van der Waals surface area contributed by atoms with Gasteiger partial charge in [0.1, 0.15) is 11.7 Å². The van der Waals surface area contributed by atoms with Gasteiger partial charge in [0.05, 0.1) is 24.9 Å². The van der Waals surface area contributed by atoms with Gasteiger partial charge in [0.2, 0.25) is 5.91 Å². The number of piperidine rings is 2. The van der Waals surface area contributed by atoms with Gasteiger partial charge >= 0.3 is 12.1 Å². The lowest BCUT2D eigenvalue weighted by atomic mass is 9.95. The van der Waals surface area contributed by atoms with Crippen LogP contribution < -0.4 is 4.74 Å². The van der Waals surface area contributed by atoms with Crippen molar-refractivity contribution in [3.05, 3.63) is 18.2 Å². The van der Waals surface area contributed by atoms with Gasteiger partial charge in [-0.25, -0.2) is 19.2 Å². The van der Waals surface area contributed by atoms with Gasteiger partial charge in [-0.05, 0) is 46.5 Å². The van der Waals surface area contributed by atoms with Crippen LogP contribution in [0.25, 0.3) is 0 Å². The third kappa shape index (κ3) is 6.01. The number of likely N-dealkylation sites (tertiary alicyclic amines) is 2. The average molecular weight is 408 g/mol. The van der Waals surface area contributed by atoms with Crippen molar-refractivity contribution in [1.82, 2.24) is 19.8 Å². The van der Waals surface area contributed by atoms with Crippen molar-refractivity contribution in [3.8, 4) is 6.01 Å². The molecule has 3 heterocycles. The molecule has 3 rings (SSSR count). The van der Waals surface area contributed by atoms with Crippen molar-refractivity contribution in [1.29, 1.82) is 0 Å². The maximum atomic E-state index is 13.1. The van der Waals surface area contributed by atoms with E-state index in [1.54, 1.807) is 9.80 Å². The van der Waals surface area contributed by atoms with E-state index in [-0.39, 0.29) is 30.0 Å². The van der Waals surface area contributed by atoms with E-state index in [2.05, 4.69) is 9.97 Å². The molecule has 0 N–H and O–H groups in total. The molecule has 0 aliphatic carbocycles. The first kappa shape index (κ1) is 21.3. The minimum Gasteiger partial charge on any atom is -0.458 e. The molecule has 2 unspecified atom stereocenters. The molecule has 2 fully saturated rings. The van der Waals surface area contributed by atoms with Crippen molar-refractivity contribution in [2.45, 2.75) is 58.2 Å². The van der Waals surface area contributed by atoms with Crippen molar-refractivity contribution in [2.24, 2.45) is 5.92 Å². The van der Waals surface area contributed by atoms with Gasteiger partial charge in [-0.3, -0.25) is 4.79 Å². The molecular formula is C20H29FN4O4. The van der Waals surface area contributed by atoms with E-state index in [1.165, 1.54) is 0 Å². The van der Waals surface area contributed by atoms with Gasteiger partial charge in [0.25, 0.3) is 0 Å². The second kappa shape index (κ2) is 8.92. The van der Waals surface area contributed by atoms with Crippen molar-refractivity contribution in [3.63, 3.8) is 0 Å². The number of nitrogens with zero attached hydrogens (tertiary/aromatic N) is 4. The number of carbonyl (C=O) groups is 2. The van der Waals surface area contributed by atoms with Crippen LogP contribution in [0.2, 0.25) is 0 Å². The molecule has 160 valence electrons. The fraction of sp³-hybridized carbons (Fsp3) is 0.700. The summed E-state index contributed by atoms with van der Waals surface area (Å²) >= 11 is 0. The largest absolute Gasteiger partial charge is 0.458 e. The number of rotatable bonds is 3. The molecule has 2 saturated heterocycles. The van der Waals surface area contributed by atoms with Crippen LogP contribution in [0.5, 0.6) is 6.01 Å². The lowest BCUT2D eigenvalue weighted by molar-refractivity contribution is -0.139. The van der Waals surface area contributed by atoms with E-state index in [9.17, 15) is 14.0 Å². The maximum absolute atomic E-state index is 13.1. The number of hydrogen-bond donors (Lipinski definition) is 0. The summed E-state index contributed by atoms with van der Waals surface area (Å²) in [5.41, 5.74) is -0.562. The van der Waals surface area contributed by atoms with Crippen LogP contribution in [-0.4, -0.2) is 69.7 Å².